The highest BCUT2D eigenvalue weighted by atomic mass is 16.2. The molecule has 0 rings (SSSR count). The number of ketones is 1. The highest BCUT2D eigenvalue weighted by molar-refractivity contribution is 6.24. The lowest BCUT2D eigenvalue weighted by atomic mass is 10.2. The molecule has 0 amide bonds. The average molecular weight is 126 g/mol. The Kier molecular flexibility index (Phi) is 4.69. The summed E-state index contributed by atoms with van der Waals surface area (Å²) in [6.07, 6.45) is 4.00. The van der Waals surface area contributed by atoms with Crippen LogP contribution in [0.4, 0.5) is 0 Å². The van der Waals surface area contributed by atoms with Crippen LogP contribution in [0, 0.1) is 0 Å². The molecule has 0 bridgehead atoms. The average Bonchev–Trinajstić information content (AvgIpc) is 1.89. The van der Waals surface area contributed by atoms with Crippen molar-refractivity contribution in [2.45, 2.75) is 19.3 Å². The zero-order valence-corrected chi connectivity index (χ0v) is 5.30. The van der Waals surface area contributed by atoms with E-state index < -0.39 is 0 Å². The second kappa shape index (κ2) is 5.22. The van der Waals surface area contributed by atoms with E-state index in [4.69, 9.17) is 0 Å². The Bertz CT molecular complexity index is 116. The first-order chi connectivity index (χ1) is 4.31. The van der Waals surface area contributed by atoms with E-state index in [1.165, 1.54) is 0 Å². The zero-order valence-electron chi connectivity index (χ0n) is 5.30. The second-order valence-electron chi connectivity index (χ2n) is 1.77. The fraction of sp³-hybridized carbons (Fsp3) is 0.429. The molecule has 0 atom stereocenters. The maximum Gasteiger partial charge on any atom is 0.195 e. The van der Waals surface area contributed by atoms with Gasteiger partial charge in [-0.05, 0) is 12.8 Å². The minimum atomic E-state index is -0.322. The Morgan fingerprint density at radius 3 is 2.67 bits per heavy atom. The molecule has 0 fully saturated rings. The number of unbranched alkanes of at least 4 members (excludes halogenated alkanes) is 1. The summed E-state index contributed by atoms with van der Waals surface area (Å²) in [4.78, 5) is 20.0. The number of carbonyl (C=O) groups excluding carboxylic acids is 2. The van der Waals surface area contributed by atoms with Crippen LogP contribution in [0.3, 0.4) is 0 Å². The van der Waals surface area contributed by atoms with Crippen LogP contribution < -0.4 is 0 Å². The molecule has 0 N–H and O–H groups in total. The number of hydrogen-bond donors (Lipinski definition) is 0. The van der Waals surface area contributed by atoms with Crippen molar-refractivity contribution in [3.8, 4) is 0 Å². The van der Waals surface area contributed by atoms with Gasteiger partial charge in [-0.15, -0.1) is 6.58 Å². The second-order valence-corrected chi connectivity index (χ2v) is 1.77. The monoisotopic (exact) mass is 126 g/mol. The third-order valence-corrected chi connectivity index (χ3v) is 0.963. The number of carbonyl (C=O) groups is 2. The van der Waals surface area contributed by atoms with Crippen LogP contribution in [0.5, 0.6) is 0 Å². The van der Waals surface area contributed by atoms with Crippen molar-refractivity contribution in [3.05, 3.63) is 12.7 Å². The van der Waals surface area contributed by atoms with Crippen LogP contribution >= 0.6 is 0 Å². The number of rotatable bonds is 5. The van der Waals surface area contributed by atoms with E-state index in [0.29, 0.717) is 12.7 Å². The van der Waals surface area contributed by atoms with Crippen LogP contribution in [-0.2, 0) is 9.59 Å². The van der Waals surface area contributed by atoms with E-state index >= 15 is 0 Å². The Hall–Kier alpha value is -0.920. The molecule has 0 saturated heterocycles. The van der Waals surface area contributed by atoms with Gasteiger partial charge < -0.3 is 0 Å². The first-order valence-electron chi connectivity index (χ1n) is 2.90. The molecule has 50 valence electrons. The standard InChI is InChI=1S/C7H10O2/c1-2-3-4-5-7(9)6-8/h2,6H,1,3-5H2. The molecule has 0 aliphatic rings. The van der Waals surface area contributed by atoms with Crippen molar-refractivity contribution in [2.75, 3.05) is 0 Å². The van der Waals surface area contributed by atoms with E-state index in [1.807, 2.05) is 0 Å². The van der Waals surface area contributed by atoms with Crippen molar-refractivity contribution >= 4 is 12.1 Å². The SMILES string of the molecule is C=CCCCC(=O)C=O. The van der Waals surface area contributed by atoms with Gasteiger partial charge in [0, 0.05) is 6.42 Å². The molecule has 0 unspecified atom stereocenters. The first-order valence-corrected chi connectivity index (χ1v) is 2.90. The molecule has 0 aromatic carbocycles. The van der Waals surface area contributed by atoms with E-state index in [2.05, 4.69) is 6.58 Å². The summed E-state index contributed by atoms with van der Waals surface area (Å²) in [5.74, 6) is -0.322. The lowest BCUT2D eigenvalue weighted by molar-refractivity contribution is -0.129. The number of hydrogen-bond acceptors (Lipinski definition) is 2. The van der Waals surface area contributed by atoms with Gasteiger partial charge in [0.15, 0.2) is 12.1 Å². The topological polar surface area (TPSA) is 34.1 Å². The summed E-state index contributed by atoms with van der Waals surface area (Å²) in [7, 11) is 0. The summed E-state index contributed by atoms with van der Waals surface area (Å²) >= 11 is 0. The minimum Gasteiger partial charge on any atom is -0.295 e. The maximum atomic E-state index is 10.3. The number of Topliss-reactive ketones (excluding diaryl/α,β-unsaturated/α-hetero) is 1. The van der Waals surface area contributed by atoms with Crippen LogP contribution in [0.2, 0.25) is 0 Å². The van der Waals surface area contributed by atoms with Crippen LogP contribution in [-0.4, -0.2) is 12.1 Å². The fourth-order valence-electron chi connectivity index (χ4n) is 0.480. The summed E-state index contributed by atoms with van der Waals surface area (Å²) in [6.45, 7) is 3.48. The zero-order chi connectivity index (χ0) is 7.11. The van der Waals surface area contributed by atoms with Crippen molar-refractivity contribution in [1.29, 1.82) is 0 Å². The highest BCUT2D eigenvalue weighted by Crippen LogP contribution is 1.94. The summed E-state index contributed by atoms with van der Waals surface area (Å²) < 4.78 is 0. The summed E-state index contributed by atoms with van der Waals surface area (Å²) in [5, 5.41) is 0. The molecule has 0 spiro atoms. The van der Waals surface area contributed by atoms with Gasteiger partial charge in [0.1, 0.15) is 0 Å². The van der Waals surface area contributed by atoms with Gasteiger partial charge in [-0.2, -0.15) is 0 Å². The predicted octanol–water partition coefficient (Wildman–Crippen LogP) is 1.11. The molecule has 0 aliphatic carbocycles. The van der Waals surface area contributed by atoms with Gasteiger partial charge in [0.2, 0.25) is 0 Å². The number of aldehydes is 1. The van der Waals surface area contributed by atoms with Gasteiger partial charge in [-0.1, -0.05) is 6.08 Å². The lowest BCUT2D eigenvalue weighted by Crippen LogP contribution is -1.96. The predicted molar refractivity (Wildman–Crippen MR) is 35.1 cm³/mol. The van der Waals surface area contributed by atoms with Gasteiger partial charge in [0.25, 0.3) is 0 Å². The van der Waals surface area contributed by atoms with Gasteiger partial charge in [0.05, 0.1) is 0 Å². The molecule has 2 nitrogen and oxygen atoms in total. The van der Waals surface area contributed by atoms with Crippen molar-refractivity contribution in [2.24, 2.45) is 0 Å². The fourth-order valence-corrected chi connectivity index (χ4v) is 0.480. The molecule has 0 saturated carbocycles. The highest BCUT2D eigenvalue weighted by Gasteiger charge is 1.95. The Morgan fingerprint density at radius 1 is 1.56 bits per heavy atom. The third-order valence-electron chi connectivity index (χ3n) is 0.963. The van der Waals surface area contributed by atoms with Gasteiger partial charge in [-0.25, -0.2) is 0 Å². The van der Waals surface area contributed by atoms with E-state index in [0.717, 1.165) is 12.8 Å². The third kappa shape index (κ3) is 4.94. The maximum absolute atomic E-state index is 10.3. The van der Waals surface area contributed by atoms with E-state index in [9.17, 15) is 9.59 Å². The van der Waals surface area contributed by atoms with Gasteiger partial charge >= 0.3 is 0 Å². The lowest BCUT2D eigenvalue weighted by Gasteiger charge is -1.87. The van der Waals surface area contributed by atoms with Gasteiger partial charge in [-0.3, -0.25) is 9.59 Å². The van der Waals surface area contributed by atoms with Crippen LogP contribution in [0.25, 0.3) is 0 Å². The first kappa shape index (κ1) is 8.08. The largest absolute Gasteiger partial charge is 0.295 e. The normalized spacial score (nSPS) is 8.44. The molecule has 2 heteroatoms. The molecule has 0 aliphatic heterocycles. The molecule has 0 aromatic heterocycles. The Balaban J connectivity index is 3.16. The molecule has 0 heterocycles. The molecule has 9 heavy (non-hydrogen) atoms. The Morgan fingerprint density at radius 2 is 2.22 bits per heavy atom. The van der Waals surface area contributed by atoms with E-state index in [-0.39, 0.29) is 5.78 Å². The van der Waals surface area contributed by atoms with Crippen LogP contribution in [0.1, 0.15) is 19.3 Å². The van der Waals surface area contributed by atoms with Crippen molar-refractivity contribution < 1.29 is 9.59 Å². The smallest absolute Gasteiger partial charge is 0.195 e. The quantitative estimate of drug-likeness (QED) is 0.239. The summed E-state index contributed by atoms with van der Waals surface area (Å²) in [6, 6.07) is 0. The van der Waals surface area contributed by atoms with Crippen LogP contribution in [0.15, 0.2) is 12.7 Å². The minimum absolute atomic E-state index is 0.322. The molecule has 0 aromatic rings. The molecular weight excluding hydrogens is 116 g/mol. The van der Waals surface area contributed by atoms with Crippen molar-refractivity contribution in [3.63, 3.8) is 0 Å². The van der Waals surface area contributed by atoms with Crippen molar-refractivity contribution in [1.82, 2.24) is 0 Å². The molecule has 0 radical (unpaired) electrons. The van der Waals surface area contributed by atoms with E-state index in [1.54, 1.807) is 6.08 Å². The summed E-state index contributed by atoms with van der Waals surface area (Å²) in [5.41, 5.74) is 0. The number of allylic oxidation sites excluding steroid dienone is 1. The Labute approximate surface area is 54.6 Å². The molecular formula is C7H10O2.